The molecule has 1 aromatic carbocycles. The van der Waals surface area contributed by atoms with Gasteiger partial charge in [0.25, 0.3) is 11.7 Å². The van der Waals surface area contributed by atoms with E-state index < -0.39 is 23.7 Å². The lowest BCUT2D eigenvalue weighted by Gasteiger charge is -2.26. The van der Waals surface area contributed by atoms with Gasteiger partial charge in [0.15, 0.2) is 0 Å². The number of hydrogen-bond donors (Lipinski definition) is 2. The maximum absolute atomic E-state index is 13.1. The molecule has 1 aliphatic heterocycles. The lowest BCUT2D eigenvalue weighted by atomic mass is 9.94. The summed E-state index contributed by atoms with van der Waals surface area (Å²) in [7, 11) is 5.00. The monoisotopic (exact) mass is 459 g/mol. The number of rotatable bonds is 6. The normalized spacial score (nSPS) is 18.0. The number of aromatic nitrogens is 1. The third-order valence-electron chi connectivity index (χ3n) is 5.58. The van der Waals surface area contributed by atoms with Crippen molar-refractivity contribution in [2.75, 3.05) is 34.3 Å². The maximum Gasteiger partial charge on any atom is 0.354 e. The first-order valence-electron chi connectivity index (χ1n) is 10.0. The number of carbonyl (C=O) groups is 3. The van der Waals surface area contributed by atoms with Gasteiger partial charge in [0.2, 0.25) is 0 Å². The lowest BCUT2D eigenvalue weighted by molar-refractivity contribution is -0.140. The van der Waals surface area contributed by atoms with Crippen molar-refractivity contribution in [2.45, 2.75) is 19.9 Å². The van der Waals surface area contributed by atoms with Gasteiger partial charge in [-0.15, -0.1) is 0 Å². The number of halogens is 1. The molecule has 8 nitrogen and oxygen atoms in total. The fraction of sp³-hybridized carbons (Fsp3) is 0.348. The van der Waals surface area contributed by atoms with Crippen LogP contribution in [0.1, 0.15) is 38.9 Å². The molecule has 2 aromatic rings. The van der Waals surface area contributed by atoms with Crippen LogP contribution in [0.2, 0.25) is 5.02 Å². The van der Waals surface area contributed by atoms with E-state index in [2.05, 4.69) is 4.98 Å². The Kier molecular flexibility index (Phi) is 6.76. The summed E-state index contributed by atoms with van der Waals surface area (Å²) >= 11 is 6.03. The van der Waals surface area contributed by atoms with Crippen LogP contribution in [0.3, 0.4) is 0 Å². The number of aliphatic hydroxyl groups excluding tert-OH is 1. The number of nitrogens with one attached hydrogen (secondary N) is 1. The predicted octanol–water partition coefficient (Wildman–Crippen LogP) is 3.05. The van der Waals surface area contributed by atoms with Gasteiger partial charge in [0.05, 0.1) is 18.7 Å². The Morgan fingerprint density at radius 2 is 1.84 bits per heavy atom. The molecule has 1 aromatic heterocycles. The summed E-state index contributed by atoms with van der Waals surface area (Å²) in [5.74, 6) is -2.39. The molecule has 0 bridgehead atoms. The van der Waals surface area contributed by atoms with Crippen molar-refractivity contribution in [2.24, 2.45) is 0 Å². The molecule has 3 rings (SSSR count). The van der Waals surface area contributed by atoms with Crippen LogP contribution in [0.4, 0.5) is 0 Å². The van der Waals surface area contributed by atoms with Crippen LogP contribution in [0, 0.1) is 13.8 Å². The molecular weight excluding hydrogens is 434 g/mol. The van der Waals surface area contributed by atoms with E-state index in [4.69, 9.17) is 16.3 Å². The molecule has 0 radical (unpaired) electrons. The first kappa shape index (κ1) is 23.6. The molecular formula is C23H26ClN3O5. The molecule has 2 heterocycles. The third kappa shape index (κ3) is 4.16. The number of H-pyrrole nitrogens is 1. The summed E-state index contributed by atoms with van der Waals surface area (Å²) < 4.78 is 4.79. The highest BCUT2D eigenvalue weighted by atomic mass is 35.5. The van der Waals surface area contributed by atoms with Crippen molar-refractivity contribution in [3.05, 3.63) is 62.9 Å². The molecule has 1 aliphatic rings. The van der Waals surface area contributed by atoms with Gasteiger partial charge in [0, 0.05) is 29.4 Å². The van der Waals surface area contributed by atoms with E-state index in [0.717, 1.165) is 0 Å². The van der Waals surface area contributed by atoms with Crippen molar-refractivity contribution < 1.29 is 24.2 Å². The molecule has 9 heteroatoms. The van der Waals surface area contributed by atoms with Crippen LogP contribution in [-0.4, -0.2) is 71.8 Å². The molecule has 0 aliphatic carbocycles. The number of aromatic amines is 1. The van der Waals surface area contributed by atoms with Crippen molar-refractivity contribution in [3.8, 4) is 0 Å². The van der Waals surface area contributed by atoms with Gasteiger partial charge in [-0.2, -0.15) is 0 Å². The highest BCUT2D eigenvalue weighted by molar-refractivity contribution is 6.46. The number of amides is 1. The van der Waals surface area contributed by atoms with E-state index in [1.165, 1.54) is 12.0 Å². The van der Waals surface area contributed by atoms with Gasteiger partial charge in [-0.3, -0.25) is 9.59 Å². The second-order valence-corrected chi connectivity index (χ2v) is 8.40. The number of ketones is 1. The third-order valence-corrected chi connectivity index (χ3v) is 5.83. The van der Waals surface area contributed by atoms with Crippen LogP contribution in [-0.2, 0) is 14.3 Å². The number of esters is 1. The second-order valence-electron chi connectivity index (χ2n) is 7.96. The highest BCUT2D eigenvalue weighted by Gasteiger charge is 2.46. The average molecular weight is 460 g/mol. The number of Topliss-reactive ketones (excluding diaryl/α,β-unsaturated/α-hetero) is 1. The highest BCUT2D eigenvalue weighted by Crippen LogP contribution is 2.41. The van der Waals surface area contributed by atoms with Crippen LogP contribution in [0.15, 0.2) is 29.8 Å². The van der Waals surface area contributed by atoms with Gasteiger partial charge in [0.1, 0.15) is 11.5 Å². The number of ether oxygens (including phenoxy) is 1. The summed E-state index contributed by atoms with van der Waals surface area (Å²) in [6.45, 7) is 4.14. The van der Waals surface area contributed by atoms with Gasteiger partial charge in [-0.05, 0) is 51.2 Å². The number of nitrogens with zero attached hydrogens (tertiary/aromatic N) is 2. The SMILES string of the molecule is COC(=O)c1[nH]c(C)c(C(O)=C2C(=O)C(=O)N(CCN(C)C)[C@@H]2c2ccc(Cl)cc2)c1C. The number of benzene rings is 1. The smallest absolute Gasteiger partial charge is 0.354 e. The van der Waals surface area contributed by atoms with Crippen molar-refractivity contribution >= 4 is 35.0 Å². The number of aryl methyl sites for hydroxylation is 1. The Balaban J connectivity index is 2.21. The number of likely N-dealkylation sites (tertiary alicyclic amines) is 1. The van der Waals surface area contributed by atoms with E-state index >= 15 is 0 Å². The number of hydrogen-bond acceptors (Lipinski definition) is 6. The van der Waals surface area contributed by atoms with Gasteiger partial charge in [-0.1, -0.05) is 23.7 Å². The van der Waals surface area contributed by atoms with Gasteiger partial charge >= 0.3 is 5.97 Å². The van der Waals surface area contributed by atoms with Crippen molar-refractivity contribution in [1.82, 2.24) is 14.8 Å². The predicted molar refractivity (Wildman–Crippen MR) is 121 cm³/mol. The molecule has 0 spiro atoms. The number of methoxy groups -OCH3 is 1. The number of likely N-dealkylation sites (N-methyl/N-ethyl adjacent to an activating group) is 1. The fourth-order valence-electron chi connectivity index (χ4n) is 3.96. The molecule has 32 heavy (non-hydrogen) atoms. The molecule has 1 atom stereocenters. The van der Waals surface area contributed by atoms with E-state index in [1.807, 2.05) is 19.0 Å². The van der Waals surface area contributed by atoms with E-state index in [1.54, 1.807) is 38.1 Å². The van der Waals surface area contributed by atoms with E-state index in [-0.39, 0.29) is 17.0 Å². The number of aliphatic hydroxyl groups is 1. The van der Waals surface area contributed by atoms with E-state index in [0.29, 0.717) is 40.5 Å². The Morgan fingerprint density at radius 3 is 2.41 bits per heavy atom. The van der Waals surface area contributed by atoms with Crippen LogP contribution in [0.5, 0.6) is 0 Å². The Bertz CT molecular complexity index is 1100. The van der Waals surface area contributed by atoms with Gasteiger partial charge in [-0.25, -0.2) is 4.79 Å². The fourth-order valence-corrected chi connectivity index (χ4v) is 4.08. The molecule has 2 N–H and O–H groups in total. The molecule has 170 valence electrons. The van der Waals surface area contributed by atoms with Crippen LogP contribution >= 0.6 is 11.6 Å². The molecule has 1 fully saturated rings. The zero-order valence-electron chi connectivity index (χ0n) is 18.7. The summed E-state index contributed by atoms with van der Waals surface area (Å²) in [6.07, 6.45) is 0. The maximum atomic E-state index is 13.1. The first-order chi connectivity index (χ1) is 15.1. The standard InChI is InChI=1S/C23H26ClN3O5/c1-12-16(13(2)25-18(12)23(31)32-5)20(28)17-19(14-6-8-15(24)9-7-14)27(11-10-26(3)4)22(30)21(17)29/h6-9,19,25,28H,10-11H2,1-5H3/t19-/m1/s1. The minimum atomic E-state index is -0.789. The summed E-state index contributed by atoms with van der Waals surface area (Å²) in [6, 6.07) is 6.01. The summed E-state index contributed by atoms with van der Waals surface area (Å²) in [4.78, 5) is 44.4. The second kappa shape index (κ2) is 9.18. The first-order valence-corrected chi connectivity index (χ1v) is 10.4. The zero-order valence-corrected chi connectivity index (χ0v) is 19.4. The van der Waals surface area contributed by atoms with Crippen molar-refractivity contribution in [3.63, 3.8) is 0 Å². The molecule has 1 amide bonds. The minimum Gasteiger partial charge on any atom is -0.507 e. The van der Waals surface area contributed by atoms with Crippen LogP contribution in [0.25, 0.3) is 5.76 Å². The lowest BCUT2D eigenvalue weighted by Crippen LogP contribution is -2.35. The molecule has 1 saturated heterocycles. The Labute approximate surface area is 191 Å². The van der Waals surface area contributed by atoms with E-state index in [9.17, 15) is 19.5 Å². The topological polar surface area (TPSA) is 103 Å². The quantitative estimate of drug-likeness (QED) is 0.298. The number of carbonyl (C=O) groups excluding carboxylic acids is 3. The van der Waals surface area contributed by atoms with Crippen LogP contribution < -0.4 is 0 Å². The summed E-state index contributed by atoms with van der Waals surface area (Å²) in [5.41, 5.74) is 2.01. The summed E-state index contributed by atoms with van der Waals surface area (Å²) in [5, 5.41) is 11.8. The average Bonchev–Trinajstić information content (AvgIpc) is 3.18. The minimum absolute atomic E-state index is 0.0299. The Morgan fingerprint density at radius 1 is 1.22 bits per heavy atom. The zero-order chi connectivity index (χ0) is 23.7. The molecule has 0 unspecified atom stereocenters. The van der Waals surface area contributed by atoms with Gasteiger partial charge < -0.3 is 24.6 Å². The molecule has 0 saturated carbocycles. The Hall–Kier alpha value is -3.10. The van der Waals surface area contributed by atoms with Crippen molar-refractivity contribution in [1.29, 1.82) is 0 Å². The largest absolute Gasteiger partial charge is 0.507 e.